The smallest absolute Gasteiger partial charge is 0.322 e. The third kappa shape index (κ3) is 4.88. The molecule has 0 saturated heterocycles. The van der Waals surface area contributed by atoms with Gasteiger partial charge in [0.15, 0.2) is 5.75 Å². The average Bonchev–Trinajstić information content (AvgIpc) is 2.36. The van der Waals surface area contributed by atoms with E-state index in [1.807, 2.05) is 4.72 Å². The third-order valence-electron chi connectivity index (χ3n) is 2.30. The summed E-state index contributed by atoms with van der Waals surface area (Å²) in [7, 11) is -5.79. The number of hydrogen-bond donors (Lipinski definition) is 2. The molecular formula is C10H14N2O7S2. The topological polar surface area (TPSA) is 142 Å². The van der Waals surface area contributed by atoms with E-state index >= 15 is 0 Å². The van der Waals surface area contributed by atoms with Crippen LogP contribution in [0.1, 0.15) is 0 Å². The number of benzene rings is 1. The zero-order chi connectivity index (χ0) is 16.3. The second kappa shape index (κ2) is 6.28. The zero-order valence-electron chi connectivity index (χ0n) is 11.2. The zero-order valence-corrected chi connectivity index (χ0v) is 12.8. The first-order valence-corrected chi connectivity index (χ1v) is 8.57. The van der Waals surface area contributed by atoms with Crippen LogP contribution in [0.3, 0.4) is 0 Å². The normalized spacial score (nSPS) is 11.8. The first-order chi connectivity index (χ1) is 9.59. The van der Waals surface area contributed by atoms with E-state index in [2.05, 4.69) is 4.74 Å². The standard InChI is InChI=1S/C10H14N2O7S2/c1-18-9-4-3-7(21(11,16)17)5-8(9)12-20(14,15)6-10(13)19-2/h3-5,12H,6H2,1-2H3,(H2,11,16,17). The van der Waals surface area contributed by atoms with Crippen LogP contribution in [0.5, 0.6) is 5.75 Å². The number of hydrogen-bond acceptors (Lipinski definition) is 7. The van der Waals surface area contributed by atoms with Crippen molar-refractivity contribution in [2.24, 2.45) is 5.14 Å². The molecule has 0 bridgehead atoms. The highest BCUT2D eigenvalue weighted by atomic mass is 32.2. The van der Waals surface area contributed by atoms with Gasteiger partial charge in [0.25, 0.3) is 0 Å². The number of sulfonamides is 2. The Morgan fingerprint density at radius 2 is 1.86 bits per heavy atom. The molecule has 0 unspecified atom stereocenters. The fourth-order valence-electron chi connectivity index (χ4n) is 1.36. The van der Waals surface area contributed by atoms with Crippen LogP contribution in [0.15, 0.2) is 23.1 Å². The minimum absolute atomic E-state index is 0.0656. The van der Waals surface area contributed by atoms with Crippen LogP contribution in [0.4, 0.5) is 5.69 Å². The van der Waals surface area contributed by atoms with Gasteiger partial charge in [0.05, 0.1) is 24.8 Å². The van der Waals surface area contributed by atoms with Gasteiger partial charge in [0, 0.05) is 0 Å². The number of primary sulfonamides is 1. The molecule has 1 aromatic rings. The Kier molecular flexibility index (Phi) is 5.15. The monoisotopic (exact) mass is 338 g/mol. The van der Waals surface area contributed by atoms with Gasteiger partial charge in [-0.15, -0.1) is 0 Å². The Morgan fingerprint density at radius 1 is 1.24 bits per heavy atom. The number of methoxy groups -OCH3 is 2. The molecule has 0 radical (unpaired) electrons. The Bertz CT molecular complexity index is 741. The number of esters is 1. The quantitative estimate of drug-likeness (QED) is 0.650. The molecule has 0 aliphatic heterocycles. The van der Waals surface area contributed by atoms with Crippen LogP contribution < -0.4 is 14.6 Å². The summed E-state index contributed by atoms with van der Waals surface area (Å²) in [6.07, 6.45) is 0. The Morgan fingerprint density at radius 3 is 2.33 bits per heavy atom. The summed E-state index contributed by atoms with van der Waals surface area (Å²) < 4.78 is 57.2. The molecular weight excluding hydrogens is 324 g/mol. The summed E-state index contributed by atoms with van der Waals surface area (Å²) in [5.74, 6) is -1.83. The van der Waals surface area contributed by atoms with E-state index in [1.165, 1.54) is 13.2 Å². The summed E-state index contributed by atoms with van der Waals surface area (Å²) in [5.41, 5.74) is -0.159. The molecule has 118 valence electrons. The van der Waals surface area contributed by atoms with Crippen molar-refractivity contribution in [2.45, 2.75) is 4.90 Å². The van der Waals surface area contributed by atoms with Gasteiger partial charge in [0.2, 0.25) is 20.0 Å². The van der Waals surface area contributed by atoms with Crippen molar-refractivity contribution < 1.29 is 31.1 Å². The van der Waals surface area contributed by atoms with Crippen LogP contribution in [0, 0.1) is 0 Å². The van der Waals surface area contributed by atoms with Gasteiger partial charge < -0.3 is 9.47 Å². The number of ether oxygens (including phenoxy) is 2. The maximum Gasteiger partial charge on any atom is 0.322 e. The van der Waals surface area contributed by atoms with E-state index in [4.69, 9.17) is 9.88 Å². The maximum absolute atomic E-state index is 11.8. The van der Waals surface area contributed by atoms with E-state index in [0.717, 1.165) is 19.2 Å². The molecule has 11 heteroatoms. The molecule has 9 nitrogen and oxygen atoms in total. The highest BCUT2D eigenvalue weighted by molar-refractivity contribution is 7.93. The lowest BCUT2D eigenvalue weighted by Gasteiger charge is -2.12. The molecule has 1 rings (SSSR count). The van der Waals surface area contributed by atoms with Gasteiger partial charge >= 0.3 is 5.97 Å². The number of carbonyl (C=O) groups is 1. The SMILES string of the molecule is COC(=O)CS(=O)(=O)Nc1cc(S(N)(=O)=O)ccc1OC. The minimum atomic E-state index is -4.08. The molecule has 0 aliphatic rings. The number of rotatable bonds is 6. The molecule has 0 fully saturated rings. The average molecular weight is 338 g/mol. The third-order valence-corrected chi connectivity index (χ3v) is 4.36. The van der Waals surface area contributed by atoms with E-state index in [9.17, 15) is 21.6 Å². The van der Waals surface area contributed by atoms with Crippen molar-refractivity contribution >= 4 is 31.7 Å². The van der Waals surface area contributed by atoms with Gasteiger partial charge in [-0.25, -0.2) is 22.0 Å². The van der Waals surface area contributed by atoms with Crippen molar-refractivity contribution in [2.75, 3.05) is 24.7 Å². The van der Waals surface area contributed by atoms with Gasteiger partial charge in [-0.1, -0.05) is 0 Å². The molecule has 0 atom stereocenters. The highest BCUT2D eigenvalue weighted by Crippen LogP contribution is 2.28. The Labute approximate surface area is 122 Å². The minimum Gasteiger partial charge on any atom is -0.495 e. The van der Waals surface area contributed by atoms with E-state index in [-0.39, 0.29) is 16.3 Å². The molecule has 0 amide bonds. The van der Waals surface area contributed by atoms with Crippen molar-refractivity contribution in [1.29, 1.82) is 0 Å². The number of nitrogens with two attached hydrogens (primary N) is 1. The number of carbonyl (C=O) groups excluding carboxylic acids is 1. The summed E-state index contributed by atoms with van der Waals surface area (Å²) in [6.45, 7) is 0. The lowest BCUT2D eigenvalue weighted by molar-refractivity contribution is -0.137. The van der Waals surface area contributed by atoms with Crippen molar-refractivity contribution in [3.8, 4) is 5.75 Å². The van der Waals surface area contributed by atoms with Crippen LogP contribution in [0.2, 0.25) is 0 Å². The largest absolute Gasteiger partial charge is 0.495 e. The van der Waals surface area contributed by atoms with Crippen LogP contribution in [-0.4, -0.2) is 42.8 Å². The number of anilines is 1. The van der Waals surface area contributed by atoms with Crippen molar-refractivity contribution in [1.82, 2.24) is 0 Å². The van der Waals surface area contributed by atoms with Crippen molar-refractivity contribution in [3.63, 3.8) is 0 Å². The molecule has 1 aromatic carbocycles. The fourth-order valence-corrected chi connectivity index (χ4v) is 2.90. The van der Waals surface area contributed by atoms with Crippen LogP contribution in [-0.2, 0) is 29.6 Å². The van der Waals surface area contributed by atoms with Crippen LogP contribution >= 0.6 is 0 Å². The Balaban J connectivity index is 3.20. The second-order valence-corrected chi connectivity index (χ2v) is 7.13. The predicted octanol–water partition coefficient (Wildman–Crippen LogP) is -0.743. The van der Waals surface area contributed by atoms with E-state index in [0.29, 0.717) is 0 Å². The first kappa shape index (κ1) is 17.2. The van der Waals surface area contributed by atoms with Crippen molar-refractivity contribution in [3.05, 3.63) is 18.2 Å². The molecule has 21 heavy (non-hydrogen) atoms. The lowest BCUT2D eigenvalue weighted by atomic mass is 10.3. The van der Waals surface area contributed by atoms with Gasteiger partial charge in [-0.3, -0.25) is 9.52 Å². The van der Waals surface area contributed by atoms with Gasteiger partial charge in [0.1, 0.15) is 5.75 Å². The summed E-state index contributed by atoms with van der Waals surface area (Å²) >= 11 is 0. The van der Waals surface area contributed by atoms with Crippen LogP contribution in [0.25, 0.3) is 0 Å². The molecule has 0 saturated carbocycles. The first-order valence-electron chi connectivity index (χ1n) is 5.37. The van der Waals surface area contributed by atoms with Gasteiger partial charge in [-0.2, -0.15) is 0 Å². The summed E-state index contributed by atoms with van der Waals surface area (Å²) in [5, 5.41) is 4.96. The Hall–Kier alpha value is -1.85. The molecule has 0 aliphatic carbocycles. The second-order valence-electron chi connectivity index (χ2n) is 3.84. The number of nitrogens with one attached hydrogen (secondary N) is 1. The van der Waals surface area contributed by atoms with E-state index < -0.39 is 31.8 Å². The summed E-state index contributed by atoms with van der Waals surface area (Å²) in [4.78, 5) is 10.7. The predicted molar refractivity (Wildman–Crippen MR) is 73.8 cm³/mol. The molecule has 3 N–H and O–H groups in total. The molecule has 0 spiro atoms. The summed E-state index contributed by atoms with van der Waals surface area (Å²) in [6, 6.07) is 3.38. The van der Waals surface area contributed by atoms with Gasteiger partial charge in [-0.05, 0) is 18.2 Å². The molecule has 0 heterocycles. The van der Waals surface area contributed by atoms with E-state index in [1.54, 1.807) is 0 Å². The maximum atomic E-state index is 11.8. The lowest BCUT2D eigenvalue weighted by Crippen LogP contribution is -2.24. The highest BCUT2D eigenvalue weighted by Gasteiger charge is 2.20. The molecule has 0 aromatic heterocycles. The fraction of sp³-hybridized carbons (Fsp3) is 0.300.